The molecule has 0 aromatic carbocycles. The molecule has 1 aliphatic carbocycles. The molecule has 0 bridgehead atoms. The number of hydrogen-bond acceptors (Lipinski definition) is 4. The highest BCUT2D eigenvalue weighted by atomic mass is 19.4. The molecule has 1 amide bonds. The van der Waals surface area contributed by atoms with Crippen molar-refractivity contribution in [1.82, 2.24) is 15.2 Å². The van der Waals surface area contributed by atoms with Gasteiger partial charge in [0.15, 0.2) is 0 Å². The third-order valence-electron chi connectivity index (χ3n) is 4.69. The average molecular weight is 398 g/mol. The zero-order valence-electron chi connectivity index (χ0n) is 15.4. The maximum atomic E-state index is 14.3. The number of nitrogens with one attached hydrogen (secondary N) is 2. The van der Waals surface area contributed by atoms with E-state index >= 15 is 0 Å². The van der Waals surface area contributed by atoms with Crippen LogP contribution in [0.5, 0.6) is 0 Å². The van der Waals surface area contributed by atoms with Crippen LogP contribution in [0.15, 0.2) is 24.0 Å². The molecule has 1 aliphatic heterocycles. The first-order chi connectivity index (χ1) is 13.3. The molecule has 1 fully saturated rings. The molecule has 2 N–H and O–H groups in total. The first-order valence-corrected chi connectivity index (χ1v) is 9.10. The van der Waals surface area contributed by atoms with Crippen LogP contribution in [0.2, 0.25) is 0 Å². The van der Waals surface area contributed by atoms with E-state index in [2.05, 4.69) is 15.6 Å². The van der Waals surface area contributed by atoms with Crippen molar-refractivity contribution in [3.8, 4) is 0 Å². The first-order valence-electron chi connectivity index (χ1n) is 9.10. The number of carbonyl (C=O) groups excluding carboxylic acids is 1. The fourth-order valence-electron chi connectivity index (χ4n) is 3.12. The van der Waals surface area contributed by atoms with Gasteiger partial charge in [-0.05, 0) is 25.2 Å². The summed E-state index contributed by atoms with van der Waals surface area (Å²) in [5.74, 6) is -0.609. The second-order valence-electron chi connectivity index (χ2n) is 6.95. The SMILES string of the molecule is CN/C(=C\Cc1c(F)cnc2c1C=CCN2)C(=O)N(CC1CC1)CC(F)(F)F. The Morgan fingerprint density at radius 2 is 2.18 bits per heavy atom. The van der Waals surface area contributed by atoms with Gasteiger partial charge in [0, 0.05) is 31.3 Å². The van der Waals surface area contributed by atoms with Gasteiger partial charge in [0.2, 0.25) is 0 Å². The van der Waals surface area contributed by atoms with Gasteiger partial charge in [-0.1, -0.05) is 18.2 Å². The van der Waals surface area contributed by atoms with Crippen molar-refractivity contribution < 1.29 is 22.4 Å². The van der Waals surface area contributed by atoms with Crippen molar-refractivity contribution in [3.63, 3.8) is 0 Å². The molecule has 2 heterocycles. The van der Waals surface area contributed by atoms with E-state index in [1.54, 1.807) is 6.08 Å². The molecule has 0 atom stereocenters. The predicted molar refractivity (Wildman–Crippen MR) is 97.9 cm³/mol. The van der Waals surface area contributed by atoms with E-state index in [1.165, 1.54) is 13.1 Å². The topological polar surface area (TPSA) is 57.3 Å². The van der Waals surface area contributed by atoms with Crippen molar-refractivity contribution in [2.75, 3.05) is 32.0 Å². The van der Waals surface area contributed by atoms with E-state index in [0.717, 1.165) is 23.9 Å². The molecule has 1 saturated carbocycles. The Labute approximate surface area is 160 Å². The number of alkyl halides is 3. The Morgan fingerprint density at radius 1 is 1.43 bits per heavy atom. The van der Waals surface area contributed by atoms with E-state index in [-0.39, 0.29) is 24.6 Å². The summed E-state index contributed by atoms with van der Waals surface area (Å²) in [6.07, 6.45) is 3.32. The number of hydrogen-bond donors (Lipinski definition) is 2. The first kappa shape index (κ1) is 20.2. The maximum Gasteiger partial charge on any atom is 0.406 e. The smallest absolute Gasteiger partial charge is 0.384 e. The van der Waals surface area contributed by atoms with Gasteiger partial charge in [-0.3, -0.25) is 4.79 Å². The average Bonchev–Trinajstić information content (AvgIpc) is 3.46. The predicted octanol–water partition coefficient (Wildman–Crippen LogP) is 3.11. The van der Waals surface area contributed by atoms with Crippen molar-refractivity contribution in [3.05, 3.63) is 41.0 Å². The van der Waals surface area contributed by atoms with Crippen LogP contribution in [0.4, 0.5) is 23.4 Å². The molecule has 0 spiro atoms. The lowest BCUT2D eigenvalue weighted by Crippen LogP contribution is -2.42. The van der Waals surface area contributed by atoms with E-state index in [9.17, 15) is 22.4 Å². The van der Waals surface area contributed by atoms with Crippen molar-refractivity contribution in [1.29, 1.82) is 0 Å². The normalized spacial score (nSPS) is 16.4. The molecule has 0 radical (unpaired) electrons. The lowest BCUT2D eigenvalue weighted by molar-refractivity contribution is -0.159. The molecule has 5 nitrogen and oxygen atoms in total. The third-order valence-corrected chi connectivity index (χ3v) is 4.69. The minimum absolute atomic E-state index is 0.0163. The van der Waals surface area contributed by atoms with E-state index in [4.69, 9.17) is 0 Å². The lowest BCUT2D eigenvalue weighted by Gasteiger charge is -2.25. The van der Waals surface area contributed by atoms with Gasteiger partial charge in [-0.25, -0.2) is 9.37 Å². The van der Waals surface area contributed by atoms with Crippen LogP contribution >= 0.6 is 0 Å². The number of carbonyl (C=O) groups is 1. The lowest BCUT2D eigenvalue weighted by atomic mass is 10.0. The second-order valence-corrected chi connectivity index (χ2v) is 6.95. The van der Waals surface area contributed by atoms with Gasteiger partial charge in [-0.15, -0.1) is 0 Å². The van der Waals surface area contributed by atoms with Crippen LogP contribution in [-0.2, 0) is 11.2 Å². The summed E-state index contributed by atoms with van der Waals surface area (Å²) in [4.78, 5) is 17.5. The molecule has 0 unspecified atom stereocenters. The third kappa shape index (κ3) is 5.02. The highest BCUT2D eigenvalue weighted by Crippen LogP contribution is 2.31. The number of fused-ring (bicyclic) bond motifs is 1. The molecule has 152 valence electrons. The Kier molecular flexibility index (Phi) is 5.90. The van der Waals surface area contributed by atoms with Gasteiger partial charge in [-0.2, -0.15) is 13.2 Å². The number of aromatic nitrogens is 1. The number of likely N-dealkylation sites (N-methyl/N-ethyl adjacent to an activating group) is 1. The zero-order chi connectivity index (χ0) is 20.3. The molecular formula is C19H22F4N4O. The summed E-state index contributed by atoms with van der Waals surface area (Å²) in [7, 11) is 1.46. The van der Waals surface area contributed by atoms with Gasteiger partial charge in [0.1, 0.15) is 18.2 Å². The fourth-order valence-corrected chi connectivity index (χ4v) is 3.12. The largest absolute Gasteiger partial charge is 0.406 e. The van der Waals surface area contributed by atoms with Crippen LogP contribution in [-0.4, -0.2) is 48.6 Å². The molecule has 1 aromatic heterocycles. The number of pyridine rings is 1. The van der Waals surface area contributed by atoms with Crippen LogP contribution in [0.25, 0.3) is 6.08 Å². The fraction of sp³-hybridized carbons (Fsp3) is 0.474. The number of nitrogens with zero attached hydrogens (tertiary/aromatic N) is 2. The zero-order valence-corrected chi connectivity index (χ0v) is 15.4. The molecule has 3 rings (SSSR count). The highest BCUT2D eigenvalue weighted by Gasteiger charge is 2.36. The number of amides is 1. The second kappa shape index (κ2) is 8.20. The molecule has 28 heavy (non-hydrogen) atoms. The monoisotopic (exact) mass is 398 g/mol. The van der Waals surface area contributed by atoms with Gasteiger partial charge in [0.25, 0.3) is 5.91 Å². The Hall–Kier alpha value is -2.58. The van der Waals surface area contributed by atoms with E-state index in [1.807, 2.05) is 6.08 Å². The number of rotatable bonds is 7. The Bertz CT molecular complexity index is 800. The van der Waals surface area contributed by atoms with Gasteiger partial charge in [0.05, 0.1) is 11.9 Å². The molecular weight excluding hydrogens is 376 g/mol. The minimum atomic E-state index is -4.48. The summed E-state index contributed by atoms with van der Waals surface area (Å²) in [5.41, 5.74) is 0.928. The molecule has 2 aliphatic rings. The van der Waals surface area contributed by atoms with Gasteiger partial charge >= 0.3 is 6.18 Å². The summed E-state index contributed by atoms with van der Waals surface area (Å²) < 4.78 is 53.0. The van der Waals surface area contributed by atoms with Crippen LogP contribution in [0.1, 0.15) is 24.0 Å². The van der Waals surface area contributed by atoms with Crippen LogP contribution in [0, 0.1) is 11.7 Å². The number of halogens is 4. The standard InChI is InChI=1S/C19H22F4N4O/c1-24-16(18(28)27(10-12-4-5-12)11-19(21,22)23)7-6-13-14-3-2-8-25-17(14)26-9-15(13)20/h2-3,7,9,12,24H,4-6,8,10-11H2,1H3,(H,25,26)/b16-7-. The Balaban J connectivity index is 1.81. The van der Waals surface area contributed by atoms with Crippen molar-refractivity contribution in [2.24, 2.45) is 5.92 Å². The van der Waals surface area contributed by atoms with Crippen LogP contribution < -0.4 is 10.6 Å². The number of anilines is 1. The van der Waals surface area contributed by atoms with Crippen LogP contribution in [0.3, 0.4) is 0 Å². The summed E-state index contributed by atoms with van der Waals surface area (Å²) in [6.45, 7) is -0.648. The molecule has 0 saturated heterocycles. The highest BCUT2D eigenvalue weighted by molar-refractivity contribution is 5.93. The van der Waals surface area contributed by atoms with Crippen molar-refractivity contribution >= 4 is 17.8 Å². The molecule has 9 heteroatoms. The maximum absolute atomic E-state index is 14.3. The molecule has 1 aromatic rings. The Morgan fingerprint density at radius 3 is 2.82 bits per heavy atom. The van der Waals surface area contributed by atoms with E-state index < -0.39 is 24.4 Å². The van der Waals surface area contributed by atoms with Crippen molar-refractivity contribution in [2.45, 2.75) is 25.4 Å². The quantitative estimate of drug-likeness (QED) is 0.548. The summed E-state index contributed by atoms with van der Waals surface area (Å²) >= 11 is 0. The van der Waals surface area contributed by atoms with Gasteiger partial charge < -0.3 is 15.5 Å². The summed E-state index contributed by atoms with van der Waals surface area (Å²) in [5, 5.41) is 5.69. The minimum Gasteiger partial charge on any atom is -0.384 e. The summed E-state index contributed by atoms with van der Waals surface area (Å²) in [6, 6.07) is 0. The number of allylic oxidation sites excluding steroid dienone is 1. The van der Waals surface area contributed by atoms with E-state index in [0.29, 0.717) is 23.5 Å².